The zero-order chi connectivity index (χ0) is 29.8. The van der Waals surface area contributed by atoms with E-state index in [1.165, 1.54) is 17.1 Å². The molecule has 6 amide bonds. The summed E-state index contributed by atoms with van der Waals surface area (Å²) in [6, 6.07) is 4.54. The van der Waals surface area contributed by atoms with Crippen LogP contribution < -0.4 is 27.0 Å². The summed E-state index contributed by atoms with van der Waals surface area (Å²) in [7, 11) is 0. The molecule has 1 aliphatic heterocycles. The van der Waals surface area contributed by atoms with Gasteiger partial charge in [0.15, 0.2) is 0 Å². The van der Waals surface area contributed by atoms with Gasteiger partial charge in [0.25, 0.3) is 0 Å². The van der Waals surface area contributed by atoms with E-state index in [1.54, 1.807) is 31.7 Å². The summed E-state index contributed by atoms with van der Waals surface area (Å²) in [5, 5.41) is 11.0. The van der Waals surface area contributed by atoms with Gasteiger partial charge in [-0.15, -0.1) is 11.8 Å². The molecular weight excluding hydrogens is 532 g/mol. The highest BCUT2D eigenvalue weighted by atomic mass is 32.2. The topological polar surface area (TPSA) is 163 Å². The van der Waals surface area contributed by atoms with E-state index in [4.69, 9.17) is 5.73 Å². The summed E-state index contributed by atoms with van der Waals surface area (Å²) in [4.78, 5) is 65.1. The number of nitrogens with zero attached hydrogens (tertiary/aromatic N) is 1. The SMILES string of the molecule is CSc1cccc(NC(=O)N[C@H]2C[C@@H](C(=O)N[C@@H](CCCNC(=O)C=C(C)C)C(N)=O)N(C(=O)C=C(C)C)C2)c1. The van der Waals surface area contributed by atoms with Crippen molar-refractivity contribution in [2.24, 2.45) is 5.73 Å². The molecule has 2 rings (SSSR count). The molecule has 6 N–H and O–H groups in total. The van der Waals surface area contributed by atoms with Crippen LogP contribution in [0.4, 0.5) is 10.5 Å². The molecule has 1 fully saturated rings. The summed E-state index contributed by atoms with van der Waals surface area (Å²) in [6.45, 7) is 7.59. The van der Waals surface area contributed by atoms with Crippen molar-refractivity contribution in [1.29, 1.82) is 0 Å². The van der Waals surface area contributed by atoms with Crippen LogP contribution in [0.2, 0.25) is 0 Å². The lowest BCUT2D eigenvalue weighted by Gasteiger charge is -2.25. The third-order valence-corrected chi connectivity index (χ3v) is 6.74. The maximum absolute atomic E-state index is 13.3. The van der Waals surface area contributed by atoms with Crippen LogP contribution in [0.1, 0.15) is 47.0 Å². The van der Waals surface area contributed by atoms with Crippen molar-refractivity contribution >= 4 is 47.1 Å². The van der Waals surface area contributed by atoms with Crippen LogP contribution in [0.25, 0.3) is 0 Å². The Labute approximate surface area is 239 Å². The molecule has 12 heteroatoms. The average Bonchev–Trinajstić information content (AvgIpc) is 3.28. The van der Waals surface area contributed by atoms with Crippen molar-refractivity contribution in [3.05, 3.63) is 47.6 Å². The first-order valence-electron chi connectivity index (χ1n) is 13.1. The number of nitrogens with two attached hydrogens (primary N) is 1. The highest BCUT2D eigenvalue weighted by Gasteiger charge is 2.40. The fourth-order valence-corrected chi connectivity index (χ4v) is 4.66. The lowest BCUT2D eigenvalue weighted by Crippen LogP contribution is -2.52. The monoisotopic (exact) mass is 572 g/mol. The van der Waals surface area contributed by atoms with Crippen LogP contribution in [0.5, 0.6) is 0 Å². The molecule has 1 heterocycles. The number of thioether (sulfide) groups is 1. The van der Waals surface area contributed by atoms with Crippen molar-refractivity contribution in [2.75, 3.05) is 24.7 Å². The van der Waals surface area contributed by atoms with E-state index >= 15 is 0 Å². The molecule has 1 aromatic carbocycles. The fourth-order valence-electron chi connectivity index (χ4n) is 4.20. The van der Waals surface area contributed by atoms with Crippen LogP contribution in [0.15, 0.2) is 52.5 Å². The largest absolute Gasteiger partial charge is 0.368 e. The summed E-state index contributed by atoms with van der Waals surface area (Å²) >= 11 is 1.55. The number of hydrogen-bond donors (Lipinski definition) is 5. The van der Waals surface area contributed by atoms with E-state index in [2.05, 4.69) is 21.3 Å². The minimum atomic E-state index is -0.979. The number of primary amides is 1. The molecule has 0 radical (unpaired) electrons. The number of allylic oxidation sites excluding steroid dienone is 2. The zero-order valence-electron chi connectivity index (χ0n) is 23.7. The van der Waals surface area contributed by atoms with E-state index in [-0.39, 0.29) is 31.2 Å². The predicted octanol–water partition coefficient (Wildman–Crippen LogP) is 2.30. The Bertz CT molecular complexity index is 1160. The Hall–Kier alpha value is -3.80. The van der Waals surface area contributed by atoms with Gasteiger partial charge in [-0.05, 0) is 71.4 Å². The Morgan fingerprint density at radius 2 is 1.80 bits per heavy atom. The number of rotatable bonds is 12. The number of anilines is 1. The molecular formula is C28H40N6O5S. The number of benzene rings is 1. The summed E-state index contributed by atoms with van der Waals surface area (Å²) in [5.41, 5.74) is 7.77. The van der Waals surface area contributed by atoms with Gasteiger partial charge in [-0.3, -0.25) is 19.2 Å². The Morgan fingerprint density at radius 3 is 2.42 bits per heavy atom. The van der Waals surface area contributed by atoms with Gasteiger partial charge in [-0.2, -0.15) is 0 Å². The van der Waals surface area contributed by atoms with Crippen LogP contribution in [-0.2, 0) is 19.2 Å². The molecule has 1 aromatic rings. The number of likely N-dealkylation sites (tertiary alicyclic amines) is 1. The van der Waals surface area contributed by atoms with Crippen molar-refractivity contribution in [3.8, 4) is 0 Å². The molecule has 11 nitrogen and oxygen atoms in total. The highest BCUT2D eigenvalue weighted by Crippen LogP contribution is 2.21. The van der Waals surface area contributed by atoms with Crippen LogP contribution >= 0.6 is 11.8 Å². The van der Waals surface area contributed by atoms with Gasteiger partial charge in [0.05, 0.1) is 6.04 Å². The van der Waals surface area contributed by atoms with Gasteiger partial charge in [-0.1, -0.05) is 17.2 Å². The zero-order valence-corrected chi connectivity index (χ0v) is 24.5. The minimum absolute atomic E-state index is 0.122. The molecule has 0 aliphatic carbocycles. The lowest BCUT2D eigenvalue weighted by molar-refractivity contribution is -0.136. The van der Waals surface area contributed by atoms with Crippen LogP contribution in [0, 0.1) is 0 Å². The number of hydrogen-bond acceptors (Lipinski definition) is 6. The second kappa shape index (κ2) is 15.7. The molecule has 1 aliphatic rings. The smallest absolute Gasteiger partial charge is 0.319 e. The first kappa shape index (κ1) is 32.4. The number of amides is 6. The van der Waals surface area contributed by atoms with Crippen molar-refractivity contribution in [1.82, 2.24) is 20.9 Å². The van der Waals surface area contributed by atoms with E-state index < -0.39 is 36.0 Å². The number of nitrogens with one attached hydrogen (secondary N) is 4. The first-order chi connectivity index (χ1) is 18.9. The number of carbonyl (C=O) groups is 5. The molecule has 0 aromatic heterocycles. The first-order valence-corrected chi connectivity index (χ1v) is 14.3. The fraction of sp³-hybridized carbons (Fsp3) is 0.464. The van der Waals surface area contributed by atoms with Gasteiger partial charge in [-0.25, -0.2) is 4.79 Å². The van der Waals surface area contributed by atoms with E-state index in [0.29, 0.717) is 18.7 Å². The number of urea groups is 1. The molecule has 0 spiro atoms. The predicted molar refractivity (Wildman–Crippen MR) is 157 cm³/mol. The minimum Gasteiger partial charge on any atom is -0.368 e. The average molecular weight is 573 g/mol. The summed E-state index contributed by atoms with van der Waals surface area (Å²) < 4.78 is 0. The van der Waals surface area contributed by atoms with E-state index in [9.17, 15) is 24.0 Å². The molecule has 0 unspecified atom stereocenters. The van der Waals surface area contributed by atoms with Gasteiger partial charge < -0.3 is 31.9 Å². The Kier molecular flexibility index (Phi) is 12.7. The summed E-state index contributed by atoms with van der Waals surface area (Å²) in [5.74, 6) is -1.86. The normalized spacial score (nSPS) is 16.8. The van der Waals surface area contributed by atoms with Crippen molar-refractivity contribution < 1.29 is 24.0 Å². The molecule has 1 saturated heterocycles. The maximum Gasteiger partial charge on any atom is 0.319 e. The van der Waals surface area contributed by atoms with Gasteiger partial charge >= 0.3 is 6.03 Å². The Morgan fingerprint density at radius 1 is 1.10 bits per heavy atom. The van der Waals surface area contributed by atoms with Gasteiger partial charge in [0, 0.05) is 35.8 Å². The van der Waals surface area contributed by atoms with Crippen LogP contribution in [-0.4, -0.2) is 72.0 Å². The van der Waals surface area contributed by atoms with Gasteiger partial charge in [0.2, 0.25) is 23.6 Å². The second-order valence-electron chi connectivity index (χ2n) is 10.1. The maximum atomic E-state index is 13.3. The molecule has 0 saturated carbocycles. The standard InChI is InChI=1S/C28H40N6O5S/c1-17(2)12-24(35)30-11-7-10-22(26(29)37)33-27(38)23-15-20(16-34(23)25(36)13-18(3)4)32-28(39)31-19-8-6-9-21(14-19)40-5/h6,8-9,12-14,20,22-23H,7,10-11,15-16H2,1-5H3,(H2,29,37)(H,30,35)(H,33,38)(H2,31,32,39)/t20-,22-,23-/m0/s1. The lowest BCUT2D eigenvalue weighted by atomic mass is 10.1. The molecule has 3 atom stereocenters. The van der Waals surface area contributed by atoms with Crippen LogP contribution in [0.3, 0.4) is 0 Å². The van der Waals surface area contributed by atoms with Crippen molar-refractivity contribution in [3.63, 3.8) is 0 Å². The summed E-state index contributed by atoms with van der Waals surface area (Å²) in [6.07, 6.45) is 5.62. The second-order valence-corrected chi connectivity index (χ2v) is 11.0. The van der Waals surface area contributed by atoms with Gasteiger partial charge in [0.1, 0.15) is 12.1 Å². The third kappa shape index (κ3) is 10.8. The molecule has 40 heavy (non-hydrogen) atoms. The number of carbonyl (C=O) groups excluding carboxylic acids is 5. The molecule has 218 valence electrons. The third-order valence-electron chi connectivity index (χ3n) is 6.01. The van der Waals surface area contributed by atoms with E-state index in [0.717, 1.165) is 16.0 Å². The molecule has 0 bridgehead atoms. The Balaban J connectivity index is 2.05. The highest BCUT2D eigenvalue weighted by molar-refractivity contribution is 7.98. The quantitative estimate of drug-likeness (QED) is 0.147. The van der Waals surface area contributed by atoms with Crippen molar-refractivity contribution in [2.45, 2.75) is 70.0 Å². The van der Waals surface area contributed by atoms with E-state index in [1.807, 2.05) is 38.3 Å².